The molecule has 0 aliphatic rings. The predicted molar refractivity (Wildman–Crippen MR) is 96.0 cm³/mol. The van der Waals surface area contributed by atoms with Crippen LogP contribution in [0.2, 0.25) is 0 Å². The maximum absolute atomic E-state index is 11.9. The Morgan fingerprint density at radius 2 is 1.76 bits per heavy atom. The second kappa shape index (κ2) is 8.24. The highest BCUT2D eigenvalue weighted by Gasteiger charge is 2.07. The average molecular weight is 339 g/mol. The molecule has 1 N–H and O–H groups in total. The summed E-state index contributed by atoms with van der Waals surface area (Å²) in [6, 6.07) is 15.1. The summed E-state index contributed by atoms with van der Waals surface area (Å²) in [5.74, 6) is 1.27. The first-order chi connectivity index (χ1) is 12.3. The summed E-state index contributed by atoms with van der Waals surface area (Å²) in [7, 11) is 0. The van der Waals surface area contributed by atoms with Gasteiger partial charge in [-0.25, -0.2) is 0 Å². The highest BCUT2D eigenvalue weighted by molar-refractivity contribution is 5.81. The molecule has 3 rings (SSSR count). The molecule has 5 nitrogen and oxygen atoms in total. The van der Waals surface area contributed by atoms with Crippen molar-refractivity contribution in [1.82, 2.24) is 5.32 Å². The van der Waals surface area contributed by atoms with Crippen LogP contribution in [0.1, 0.15) is 12.5 Å². The molecule has 0 fully saturated rings. The van der Waals surface area contributed by atoms with Crippen molar-refractivity contribution in [3.8, 4) is 11.5 Å². The molecular weight excluding hydrogens is 318 g/mol. The lowest BCUT2D eigenvalue weighted by atomic mass is 10.1. The Balaban J connectivity index is 1.42. The molecule has 0 radical (unpaired) electrons. The van der Waals surface area contributed by atoms with Gasteiger partial charge in [-0.2, -0.15) is 0 Å². The van der Waals surface area contributed by atoms with Crippen LogP contribution in [0, 0.1) is 0 Å². The molecule has 1 aromatic heterocycles. The number of rotatable bonds is 8. The van der Waals surface area contributed by atoms with Crippen LogP contribution in [0.5, 0.6) is 11.5 Å². The van der Waals surface area contributed by atoms with Gasteiger partial charge >= 0.3 is 0 Å². The topological polar surface area (TPSA) is 60.7 Å². The summed E-state index contributed by atoms with van der Waals surface area (Å²) in [6.07, 6.45) is 2.46. The lowest BCUT2D eigenvalue weighted by Gasteiger charge is -2.08. The van der Waals surface area contributed by atoms with Gasteiger partial charge in [0.15, 0.2) is 6.61 Å². The van der Waals surface area contributed by atoms with Crippen molar-refractivity contribution in [2.75, 3.05) is 19.8 Å². The fourth-order valence-electron chi connectivity index (χ4n) is 2.56. The van der Waals surface area contributed by atoms with Crippen LogP contribution in [-0.2, 0) is 11.2 Å². The zero-order valence-corrected chi connectivity index (χ0v) is 14.2. The van der Waals surface area contributed by atoms with Crippen molar-refractivity contribution in [2.24, 2.45) is 0 Å². The molecule has 0 bridgehead atoms. The van der Waals surface area contributed by atoms with Gasteiger partial charge in [0.25, 0.3) is 5.91 Å². The van der Waals surface area contributed by atoms with Gasteiger partial charge in [-0.3, -0.25) is 4.79 Å². The van der Waals surface area contributed by atoms with Gasteiger partial charge in [-0.15, -0.1) is 0 Å². The number of fused-ring (bicyclic) bond motifs is 1. The van der Waals surface area contributed by atoms with Crippen molar-refractivity contribution >= 4 is 16.9 Å². The second-order valence-corrected chi connectivity index (χ2v) is 5.55. The van der Waals surface area contributed by atoms with E-state index in [0.717, 1.165) is 22.3 Å². The molecule has 0 saturated carbocycles. The standard InChI is InChI=1S/C20H21NO4/c1-2-23-16-7-9-17(10-8-16)24-14-20(22)21-12-11-15-13-25-19-6-4-3-5-18(15)19/h3-10,13H,2,11-12,14H2,1H3,(H,21,22). The molecule has 1 amide bonds. The number of carbonyl (C=O) groups excluding carboxylic acids is 1. The summed E-state index contributed by atoms with van der Waals surface area (Å²) in [5, 5.41) is 3.94. The SMILES string of the molecule is CCOc1ccc(OCC(=O)NCCc2coc3ccccc23)cc1. The molecule has 130 valence electrons. The molecule has 5 heteroatoms. The van der Waals surface area contributed by atoms with Gasteiger partial charge in [0.2, 0.25) is 0 Å². The van der Waals surface area contributed by atoms with Crippen LogP contribution in [0.25, 0.3) is 11.0 Å². The normalized spacial score (nSPS) is 10.6. The lowest BCUT2D eigenvalue weighted by Crippen LogP contribution is -2.30. The molecular formula is C20H21NO4. The summed E-state index contributed by atoms with van der Waals surface area (Å²) in [5.41, 5.74) is 1.95. The number of nitrogens with one attached hydrogen (secondary N) is 1. The minimum Gasteiger partial charge on any atom is -0.494 e. The Labute approximate surface area is 146 Å². The van der Waals surface area contributed by atoms with Gasteiger partial charge in [-0.1, -0.05) is 18.2 Å². The number of ether oxygens (including phenoxy) is 2. The Kier molecular flexibility index (Phi) is 5.57. The monoisotopic (exact) mass is 339 g/mol. The highest BCUT2D eigenvalue weighted by atomic mass is 16.5. The van der Waals surface area contributed by atoms with E-state index in [2.05, 4.69) is 5.32 Å². The van der Waals surface area contributed by atoms with E-state index in [-0.39, 0.29) is 12.5 Å². The van der Waals surface area contributed by atoms with E-state index in [9.17, 15) is 4.79 Å². The van der Waals surface area contributed by atoms with E-state index in [1.807, 2.05) is 43.3 Å². The van der Waals surface area contributed by atoms with Crippen LogP contribution in [0.3, 0.4) is 0 Å². The lowest BCUT2D eigenvalue weighted by molar-refractivity contribution is -0.123. The van der Waals surface area contributed by atoms with E-state index in [1.165, 1.54) is 0 Å². The summed E-state index contributed by atoms with van der Waals surface area (Å²) < 4.78 is 16.3. The number of hydrogen-bond acceptors (Lipinski definition) is 4. The number of carbonyl (C=O) groups is 1. The predicted octanol–water partition coefficient (Wildman–Crippen LogP) is 3.57. The largest absolute Gasteiger partial charge is 0.494 e. The molecule has 0 saturated heterocycles. The van der Waals surface area contributed by atoms with Gasteiger partial charge in [0.05, 0.1) is 12.9 Å². The van der Waals surface area contributed by atoms with Gasteiger partial charge in [-0.05, 0) is 49.2 Å². The maximum atomic E-state index is 11.9. The summed E-state index contributed by atoms with van der Waals surface area (Å²) in [6.45, 7) is 3.07. The summed E-state index contributed by atoms with van der Waals surface area (Å²) >= 11 is 0. The van der Waals surface area contributed by atoms with Crippen molar-refractivity contribution in [3.63, 3.8) is 0 Å². The molecule has 25 heavy (non-hydrogen) atoms. The van der Waals surface area contributed by atoms with Crippen LogP contribution >= 0.6 is 0 Å². The molecule has 1 heterocycles. The Morgan fingerprint density at radius 1 is 1.04 bits per heavy atom. The third-order valence-corrected chi connectivity index (χ3v) is 3.78. The van der Waals surface area contributed by atoms with Crippen LogP contribution in [0.4, 0.5) is 0 Å². The smallest absolute Gasteiger partial charge is 0.257 e. The van der Waals surface area contributed by atoms with Crippen molar-refractivity contribution < 1.29 is 18.7 Å². The van der Waals surface area contributed by atoms with E-state index in [1.54, 1.807) is 18.4 Å². The Bertz CT molecular complexity index is 823. The number of amides is 1. The van der Waals surface area contributed by atoms with Crippen molar-refractivity contribution in [3.05, 3.63) is 60.4 Å². The van der Waals surface area contributed by atoms with Crippen LogP contribution in [-0.4, -0.2) is 25.7 Å². The van der Waals surface area contributed by atoms with E-state index < -0.39 is 0 Å². The molecule has 0 spiro atoms. The molecule has 3 aromatic rings. The second-order valence-electron chi connectivity index (χ2n) is 5.55. The zero-order valence-electron chi connectivity index (χ0n) is 14.2. The van der Waals surface area contributed by atoms with E-state index in [4.69, 9.17) is 13.9 Å². The summed E-state index contributed by atoms with van der Waals surface area (Å²) in [4.78, 5) is 11.9. The molecule has 0 atom stereocenters. The van der Waals surface area contributed by atoms with Crippen LogP contribution < -0.4 is 14.8 Å². The molecule has 0 unspecified atom stereocenters. The zero-order chi connectivity index (χ0) is 17.5. The van der Waals surface area contributed by atoms with E-state index >= 15 is 0 Å². The quantitative estimate of drug-likeness (QED) is 0.681. The Hall–Kier alpha value is -2.95. The fraction of sp³-hybridized carbons (Fsp3) is 0.250. The number of para-hydroxylation sites is 1. The first-order valence-corrected chi connectivity index (χ1v) is 8.33. The Morgan fingerprint density at radius 3 is 2.52 bits per heavy atom. The third-order valence-electron chi connectivity index (χ3n) is 3.78. The van der Waals surface area contributed by atoms with Gasteiger partial charge in [0, 0.05) is 11.9 Å². The molecule has 2 aromatic carbocycles. The third kappa shape index (κ3) is 4.53. The molecule has 0 aliphatic heterocycles. The van der Waals surface area contributed by atoms with Crippen LogP contribution in [0.15, 0.2) is 59.2 Å². The number of hydrogen-bond donors (Lipinski definition) is 1. The fourth-order valence-corrected chi connectivity index (χ4v) is 2.56. The number of benzene rings is 2. The van der Waals surface area contributed by atoms with Gasteiger partial charge < -0.3 is 19.2 Å². The number of furan rings is 1. The minimum atomic E-state index is -0.151. The van der Waals surface area contributed by atoms with Gasteiger partial charge in [0.1, 0.15) is 17.1 Å². The first-order valence-electron chi connectivity index (χ1n) is 8.33. The van der Waals surface area contributed by atoms with E-state index in [0.29, 0.717) is 25.3 Å². The molecule has 0 aliphatic carbocycles. The maximum Gasteiger partial charge on any atom is 0.257 e. The average Bonchev–Trinajstić information content (AvgIpc) is 3.05. The highest BCUT2D eigenvalue weighted by Crippen LogP contribution is 2.20. The first kappa shape index (κ1) is 16.9. The van der Waals surface area contributed by atoms with Crippen molar-refractivity contribution in [2.45, 2.75) is 13.3 Å². The minimum absolute atomic E-state index is 0.0138. The van der Waals surface area contributed by atoms with Crippen molar-refractivity contribution in [1.29, 1.82) is 0 Å².